The van der Waals surface area contributed by atoms with Crippen LogP contribution in [0.15, 0.2) is 70.9 Å². The van der Waals surface area contributed by atoms with Crippen LogP contribution in [0.3, 0.4) is 0 Å². The summed E-state index contributed by atoms with van der Waals surface area (Å²) < 4.78 is 0. The Morgan fingerprint density at radius 3 is 2.00 bits per heavy atom. The van der Waals surface area contributed by atoms with Crippen LogP contribution in [0.2, 0.25) is 0 Å². The second-order valence-electron chi connectivity index (χ2n) is 4.98. The van der Waals surface area contributed by atoms with E-state index < -0.39 is 0 Å². The number of nitrogens with zero attached hydrogens (tertiary/aromatic N) is 6. The maximum atomic E-state index is 9.23. The average Bonchev–Trinajstić information content (AvgIpc) is 3.05. The molecular weight excluding hydrogens is 288 g/mol. The molecule has 6 heteroatoms. The third kappa shape index (κ3) is 2.14. The molecule has 4 rings (SSSR count). The summed E-state index contributed by atoms with van der Waals surface area (Å²) in [5, 5.41) is 16.2. The van der Waals surface area contributed by atoms with Crippen molar-refractivity contribution in [2.24, 2.45) is 10.2 Å². The molecule has 0 N–H and O–H groups in total. The summed E-state index contributed by atoms with van der Waals surface area (Å²) in [6.07, 6.45) is 0. The predicted molar refractivity (Wildman–Crippen MR) is 85.1 cm³/mol. The van der Waals surface area contributed by atoms with Gasteiger partial charge in [-0.25, -0.2) is 0 Å². The van der Waals surface area contributed by atoms with Gasteiger partial charge in [0.15, 0.2) is 0 Å². The van der Waals surface area contributed by atoms with Crippen LogP contribution in [0.25, 0.3) is 27.9 Å². The van der Waals surface area contributed by atoms with Gasteiger partial charge in [0.25, 0.3) is 0 Å². The molecule has 1 aromatic heterocycles. The smallest absolute Gasteiger partial charge is 0.438 e. The summed E-state index contributed by atoms with van der Waals surface area (Å²) in [4.78, 5) is 3.24. The second kappa shape index (κ2) is 5.36. The molecule has 0 atom stereocenters. The Bertz CT molecular complexity index is 957. The van der Waals surface area contributed by atoms with Crippen LogP contribution in [0.4, 0.5) is 5.82 Å². The summed E-state index contributed by atoms with van der Waals surface area (Å²) in [6, 6.07) is 19.5. The Balaban J connectivity index is 2.08. The van der Waals surface area contributed by atoms with Crippen LogP contribution in [0.1, 0.15) is 5.56 Å². The molecule has 1 aliphatic heterocycles. The zero-order chi connectivity index (χ0) is 15.6. The molecule has 0 amide bonds. The Hall–Kier alpha value is -3.50. The lowest BCUT2D eigenvalue weighted by atomic mass is 9.95. The minimum Gasteiger partial charge on any atom is -0.497 e. The normalized spacial score (nSPS) is 12.1. The molecule has 2 aromatic carbocycles. The topological polar surface area (TPSA) is 86.9 Å². The monoisotopic (exact) mass is 298 g/mol. The maximum Gasteiger partial charge on any atom is 0.438 e. The quantitative estimate of drug-likeness (QED) is 0.531. The number of hydrogen-bond acceptors (Lipinski definition) is 3. The van der Waals surface area contributed by atoms with E-state index in [-0.39, 0.29) is 5.84 Å². The molecule has 6 nitrogen and oxygen atoms in total. The summed E-state index contributed by atoms with van der Waals surface area (Å²) >= 11 is 0. The molecule has 0 spiro atoms. The van der Waals surface area contributed by atoms with Crippen LogP contribution in [0.5, 0.6) is 0 Å². The van der Waals surface area contributed by atoms with Crippen molar-refractivity contribution in [1.82, 2.24) is 10.2 Å². The molecular formula is C17H10N6. The maximum absolute atomic E-state index is 9.23. The van der Waals surface area contributed by atoms with Gasteiger partial charge in [-0.15, -0.1) is 10.2 Å². The van der Waals surface area contributed by atoms with E-state index in [1.54, 1.807) is 0 Å². The highest BCUT2D eigenvalue weighted by molar-refractivity contribution is 6.09. The van der Waals surface area contributed by atoms with Crippen molar-refractivity contribution in [3.63, 3.8) is 0 Å². The highest BCUT2D eigenvalue weighted by atomic mass is 15.3. The van der Waals surface area contributed by atoms with E-state index in [4.69, 9.17) is 0 Å². The molecule has 0 aliphatic carbocycles. The van der Waals surface area contributed by atoms with E-state index in [1.165, 1.54) is 0 Å². The molecule has 2 heterocycles. The van der Waals surface area contributed by atoms with Crippen LogP contribution in [-0.2, 0) is 0 Å². The summed E-state index contributed by atoms with van der Waals surface area (Å²) in [5.41, 5.74) is 13.2. The Kier molecular flexibility index (Phi) is 3.07. The van der Waals surface area contributed by atoms with Crippen molar-refractivity contribution < 1.29 is 4.79 Å². The summed E-state index contributed by atoms with van der Waals surface area (Å²) in [7, 11) is 0. The molecule has 0 bridgehead atoms. The largest absolute Gasteiger partial charge is 0.497 e. The predicted octanol–water partition coefficient (Wildman–Crippen LogP) is 3.88. The first-order chi connectivity index (χ1) is 11.4. The molecule has 0 saturated heterocycles. The molecule has 0 saturated carbocycles. The summed E-state index contributed by atoms with van der Waals surface area (Å²) in [5.74, 6) is 0.502. The molecule has 0 fully saturated rings. The molecule has 108 valence electrons. The molecule has 1 aliphatic rings. The number of benzene rings is 2. The first-order valence-corrected chi connectivity index (χ1v) is 7.04. The minimum absolute atomic E-state index is 0.144. The van der Waals surface area contributed by atoms with Gasteiger partial charge in [-0.2, -0.15) is 0 Å². The van der Waals surface area contributed by atoms with Crippen LogP contribution in [-0.4, -0.2) is 20.8 Å². The first kappa shape index (κ1) is 13.2. The van der Waals surface area contributed by atoms with Gasteiger partial charge in [-0.05, 0) is 10.7 Å². The third-order valence-electron chi connectivity index (χ3n) is 3.62. The fraction of sp³-hybridized carbons (Fsp3) is 0. The molecule has 3 aromatic rings. The Morgan fingerprint density at radius 1 is 0.696 bits per heavy atom. The lowest BCUT2D eigenvalue weighted by Gasteiger charge is -2.10. The number of aromatic nitrogens is 2. The van der Waals surface area contributed by atoms with Gasteiger partial charge in [0.2, 0.25) is 5.82 Å². The number of azo groups is 1. The number of hydrogen-bond donors (Lipinski definition) is 0. The second-order valence-corrected chi connectivity index (χ2v) is 4.98. The molecule has 23 heavy (non-hydrogen) atoms. The van der Waals surface area contributed by atoms with Gasteiger partial charge in [-0.1, -0.05) is 60.7 Å². The Labute approximate surface area is 131 Å². The number of amidine groups is 1. The van der Waals surface area contributed by atoms with Crippen molar-refractivity contribution in [2.75, 3.05) is 0 Å². The minimum atomic E-state index is 0.144. The highest BCUT2D eigenvalue weighted by Gasteiger charge is 2.33. The van der Waals surface area contributed by atoms with Crippen LogP contribution in [0, 0.1) is 0 Å². The summed E-state index contributed by atoms with van der Waals surface area (Å²) in [6.45, 7) is 0. The molecule has 0 unspecified atom stereocenters. The molecule has 0 radical (unpaired) electrons. The van der Waals surface area contributed by atoms with Crippen molar-refractivity contribution in [3.05, 3.63) is 71.8 Å². The average molecular weight is 298 g/mol. The van der Waals surface area contributed by atoms with Crippen molar-refractivity contribution in [2.45, 2.75) is 0 Å². The van der Waals surface area contributed by atoms with E-state index >= 15 is 0 Å². The third-order valence-corrected chi connectivity index (χ3v) is 3.62. The van der Waals surface area contributed by atoms with Gasteiger partial charge < -0.3 is 10.3 Å². The number of rotatable bonds is 2. The van der Waals surface area contributed by atoms with E-state index in [1.807, 2.05) is 60.7 Å². The van der Waals surface area contributed by atoms with Gasteiger partial charge in [0.1, 0.15) is 11.3 Å². The standard InChI is InChI=1S/C17H10N6/c18-19-16-14-13(11-7-3-1-4-8-11)15(12-9-5-2-6-10-12)20-22-17(14)23-21-16/h1-10H. The van der Waals surface area contributed by atoms with E-state index in [0.29, 0.717) is 17.1 Å². The van der Waals surface area contributed by atoms with Gasteiger partial charge in [0.05, 0.1) is 5.11 Å². The van der Waals surface area contributed by atoms with Gasteiger partial charge >= 0.3 is 5.84 Å². The van der Waals surface area contributed by atoms with E-state index in [2.05, 4.69) is 25.2 Å². The SMILES string of the molecule is [N-]=[N+]=C1N=Nc2nnc(-c3ccccc3)c(-c3ccccc3)c21. The number of fused-ring (bicyclic) bond motifs is 1. The highest BCUT2D eigenvalue weighted by Crippen LogP contribution is 2.39. The lowest BCUT2D eigenvalue weighted by Crippen LogP contribution is -2.03. The van der Waals surface area contributed by atoms with Crippen LogP contribution >= 0.6 is 0 Å². The van der Waals surface area contributed by atoms with E-state index in [9.17, 15) is 5.53 Å². The fourth-order valence-electron chi connectivity index (χ4n) is 2.61. The van der Waals surface area contributed by atoms with Crippen LogP contribution < -0.4 is 0 Å². The lowest BCUT2D eigenvalue weighted by molar-refractivity contribution is -0.00542. The first-order valence-electron chi connectivity index (χ1n) is 7.04. The van der Waals surface area contributed by atoms with Gasteiger partial charge in [0, 0.05) is 11.1 Å². The van der Waals surface area contributed by atoms with Crippen molar-refractivity contribution >= 4 is 11.7 Å². The van der Waals surface area contributed by atoms with Gasteiger partial charge in [-0.3, -0.25) is 0 Å². The van der Waals surface area contributed by atoms with Crippen molar-refractivity contribution in [3.8, 4) is 22.4 Å². The zero-order valence-electron chi connectivity index (χ0n) is 12.0. The zero-order valence-corrected chi connectivity index (χ0v) is 12.0. The van der Waals surface area contributed by atoms with Crippen molar-refractivity contribution in [1.29, 1.82) is 0 Å². The Morgan fingerprint density at radius 2 is 1.35 bits per heavy atom. The van der Waals surface area contributed by atoms with E-state index in [0.717, 1.165) is 16.7 Å². The fourth-order valence-corrected chi connectivity index (χ4v) is 2.61.